The summed E-state index contributed by atoms with van der Waals surface area (Å²) < 4.78 is 0. The van der Waals surface area contributed by atoms with Gasteiger partial charge in [0.05, 0.1) is 6.42 Å². The first kappa shape index (κ1) is 13.9. The first-order chi connectivity index (χ1) is 8.40. The van der Waals surface area contributed by atoms with E-state index in [9.17, 15) is 4.79 Å². The van der Waals surface area contributed by atoms with Gasteiger partial charge in [0, 0.05) is 15.5 Å². The SMILES string of the molecule is CC(C)C(C)C(Br)c1cc2c(cc1Cl)NC(=O)C2. The average molecular weight is 331 g/mol. The summed E-state index contributed by atoms with van der Waals surface area (Å²) in [5, 5.41) is 3.53. The summed E-state index contributed by atoms with van der Waals surface area (Å²) in [4.78, 5) is 11.6. The summed E-state index contributed by atoms with van der Waals surface area (Å²) >= 11 is 10.1. The first-order valence-corrected chi connectivity index (χ1v) is 7.45. The lowest BCUT2D eigenvalue weighted by Gasteiger charge is -2.23. The van der Waals surface area contributed by atoms with Gasteiger partial charge >= 0.3 is 0 Å². The zero-order chi connectivity index (χ0) is 13.4. The van der Waals surface area contributed by atoms with E-state index in [0.29, 0.717) is 23.3 Å². The van der Waals surface area contributed by atoms with E-state index in [2.05, 4.69) is 42.0 Å². The highest BCUT2D eigenvalue weighted by Gasteiger charge is 2.25. The fourth-order valence-corrected chi connectivity index (χ4v) is 3.50. The molecule has 0 aromatic heterocycles. The van der Waals surface area contributed by atoms with Gasteiger partial charge in [-0.05, 0) is 29.0 Å². The summed E-state index contributed by atoms with van der Waals surface area (Å²) in [5.74, 6) is 1.09. The van der Waals surface area contributed by atoms with Crippen LogP contribution in [0, 0.1) is 11.8 Å². The Hall–Kier alpha value is -0.540. The lowest BCUT2D eigenvalue weighted by atomic mass is 9.90. The molecule has 2 unspecified atom stereocenters. The molecule has 2 rings (SSSR count). The second kappa shape index (κ2) is 5.22. The van der Waals surface area contributed by atoms with Gasteiger partial charge < -0.3 is 5.32 Å². The maximum absolute atomic E-state index is 11.4. The fraction of sp³-hybridized carbons (Fsp3) is 0.500. The van der Waals surface area contributed by atoms with Gasteiger partial charge in [-0.3, -0.25) is 4.79 Å². The van der Waals surface area contributed by atoms with Crippen LogP contribution in [0.3, 0.4) is 0 Å². The highest BCUT2D eigenvalue weighted by Crippen LogP contribution is 2.41. The van der Waals surface area contributed by atoms with E-state index in [1.54, 1.807) is 0 Å². The maximum atomic E-state index is 11.4. The predicted molar refractivity (Wildman–Crippen MR) is 79.5 cm³/mol. The van der Waals surface area contributed by atoms with Gasteiger partial charge in [-0.15, -0.1) is 0 Å². The van der Waals surface area contributed by atoms with Gasteiger partial charge in [-0.2, -0.15) is 0 Å². The number of halogens is 2. The highest BCUT2D eigenvalue weighted by atomic mass is 79.9. The van der Waals surface area contributed by atoms with Gasteiger partial charge in [0.2, 0.25) is 5.91 Å². The molecule has 0 radical (unpaired) electrons. The summed E-state index contributed by atoms with van der Waals surface area (Å²) in [5.41, 5.74) is 2.97. The Morgan fingerprint density at radius 2 is 2.00 bits per heavy atom. The van der Waals surface area contributed by atoms with Crippen molar-refractivity contribution in [1.82, 2.24) is 0 Å². The number of hydrogen-bond acceptors (Lipinski definition) is 1. The van der Waals surface area contributed by atoms with Crippen molar-refractivity contribution in [3.63, 3.8) is 0 Å². The number of benzene rings is 1. The van der Waals surface area contributed by atoms with Crippen molar-refractivity contribution < 1.29 is 4.79 Å². The molecule has 2 nitrogen and oxygen atoms in total. The number of rotatable bonds is 3. The van der Waals surface area contributed by atoms with Crippen molar-refractivity contribution in [3.05, 3.63) is 28.3 Å². The van der Waals surface area contributed by atoms with E-state index in [1.165, 1.54) is 0 Å². The van der Waals surface area contributed by atoms with Crippen LogP contribution < -0.4 is 5.32 Å². The van der Waals surface area contributed by atoms with E-state index in [1.807, 2.05) is 12.1 Å². The number of fused-ring (bicyclic) bond motifs is 1. The fourth-order valence-electron chi connectivity index (χ4n) is 2.10. The molecule has 1 aromatic rings. The maximum Gasteiger partial charge on any atom is 0.228 e. The van der Waals surface area contributed by atoms with Crippen LogP contribution >= 0.6 is 27.5 Å². The van der Waals surface area contributed by atoms with Crippen molar-refractivity contribution >= 4 is 39.1 Å². The second-order valence-electron chi connectivity index (χ2n) is 5.26. The summed E-state index contributed by atoms with van der Waals surface area (Å²) in [7, 11) is 0. The zero-order valence-corrected chi connectivity index (χ0v) is 13.1. The Morgan fingerprint density at radius 3 is 2.61 bits per heavy atom. The van der Waals surface area contributed by atoms with Gasteiger partial charge in [0.15, 0.2) is 0 Å². The number of nitrogens with one attached hydrogen (secondary N) is 1. The van der Waals surface area contributed by atoms with Crippen LogP contribution in [-0.2, 0) is 11.2 Å². The van der Waals surface area contributed by atoms with Crippen LogP contribution in [0.5, 0.6) is 0 Å². The van der Waals surface area contributed by atoms with Crippen molar-refractivity contribution in [2.75, 3.05) is 5.32 Å². The summed E-state index contributed by atoms with van der Waals surface area (Å²) in [6.45, 7) is 6.60. The normalized spacial score (nSPS) is 17.6. The van der Waals surface area contributed by atoms with Crippen molar-refractivity contribution in [2.45, 2.75) is 32.0 Å². The van der Waals surface area contributed by atoms with Crippen LogP contribution in [-0.4, -0.2) is 5.91 Å². The molecule has 18 heavy (non-hydrogen) atoms. The van der Waals surface area contributed by atoms with Gasteiger partial charge in [0.1, 0.15) is 0 Å². The Kier molecular flexibility index (Phi) is 4.02. The third-order valence-corrected chi connectivity index (χ3v) is 5.31. The largest absolute Gasteiger partial charge is 0.325 e. The smallest absolute Gasteiger partial charge is 0.228 e. The predicted octanol–water partition coefficient (Wildman–Crippen LogP) is 4.56. The van der Waals surface area contributed by atoms with E-state index >= 15 is 0 Å². The van der Waals surface area contributed by atoms with E-state index in [-0.39, 0.29) is 10.7 Å². The Labute approximate surface area is 121 Å². The Morgan fingerprint density at radius 1 is 1.33 bits per heavy atom. The van der Waals surface area contributed by atoms with Gasteiger partial charge in [-0.25, -0.2) is 0 Å². The molecule has 4 heteroatoms. The molecular formula is C14H17BrClNO. The number of alkyl halides is 1. The molecular weight excluding hydrogens is 314 g/mol. The lowest BCUT2D eigenvalue weighted by Crippen LogP contribution is -2.11. The molecule has 0 bridgehead atoms. The minimum atomic E-state index is 0.0428. The molecule has 98 valence electrons. The third kappa shape index (κ3) is 2.57. The lowest BCUT2D eigenvalue weighted by molar-refractivity contribution is -0.115. The Bertz CT molecular complexity index is 487. The zero-order valence-electron chi connectivity index (χ0n) is 10.8. The molecule has 2 atom stereocenters. The minimum absolute atomic E-state index is 0.0428. The van der Waals surface area contributed by atoms with Crippen LogP contribution in [0.2, 0.25) is 5.02 Å². The van der Waals surface area contributed by atoms with E-state index < -0.39 is 0 Å². The molecule has 1 amide bonds. The standard InChI is InChI=1S/C14H17BrClNO/c1-7(2)8(3)14(15)10-4-9-5-13(18)17-12(9)6-11(10)16/h4,6-8,14H,5H2,1-3H3,(H,17,18). The molecule has 0 aliphatic carbocycles. The third-order valence-electron chi connectivity index (χ3n) is 3.66. The summed E-state index contributed by atoms with van der Waals surface area (Å²) in [6.07, 6.45) is 0.454. The van der Waals surface area contributed by atoms with Crippen LogP contribution in [0.4, 0.5) is 5.69 Å². The number of carbonyl (C=O) groups excluding carboxylic acids is 1. The molecule has 0 spiro atoms. The molecule has 0 saturated carbocycles. The van der Waals surface area contributed by atoms with E-state index in [4.69, 9.17) is 11.6 Å². The number of carbonyl (C=O) groups is 1. The number of anilines is 1. The molecule has 1 heterocycles. The molecule has 0 fully saturated rings. The molecule has 1 aromatic carbocycles. The van der Waals surface area contributed by atoms with Crippen LogP contribution in [0.15, 0.2) is 12.1 Å². The number of amides is 1. The van der Waals surface area contributed by atoms with Gasteiger partial charge in [-0.1, -0.05) is 54.4 Å². The topological polar surface area (TPSA) is 29.1 Å². The second-order valence-corrected chi connectivity index (χ2v) is 6.65. The van der Waals surface area contributed by atoms with Crippen LogP contribution in [0.1, 0.15) is 36.7 Å². The number of hydrogen-bond donors (Lipinski definition) is 1. The van der Waals surface area contributed by atoms with Crippen LogP contribution in [0.25, 0.3) is 0 Å². The average Bonchev–Trinajstić information content (AvgIpc) is 2.65. The molecule has 1 N–H and O–H groups in total. The van der Waals surface area contributed by atoms with Gasteiger partial charge in [0.25, 0.3) is 0 Å². The molecule has 1 aliphatic heterocycles. The highest BCUT2D eigenvalue weighted by molar-refractivity contribution is 9.09. The first-order valence-electron chi connectivity index (χ1n) is 6.16. The quantitative estimate of drug-likeness (QED) is 0.809. The van der Waals surface area contributed by atoms with E-state index in [0.717, 1.165) is 16.8 Å². The Balaban J connectivity index is 2.35. The summed E-state index contributed by atoms with van der Waals surface area (Å²) in [6, 6.07) is 3.91. The van der Waals surface area contributed by atoms with Crippen molar-refractivity contribution in [2.24, 2.45) is 11.8 Å². The van der Waals surface area contributed by atoms with Crippen molar-refractivity contribution in [1.29, 1.82) is 0 Å². The molecule has 1 aliphatic rings. The monoisotopic (exact) mass is 329 g/mol. The minimum Gasteiger partial charge on any atom is -0.325 e. The van der Waals surface area contributed by atoms with Crippen molar-refractivity contribution in [3.8, 4) is 0 Å². The molecule has 0 saturated heterocycles.